The number of anilines is 1. The quantitative estimate of drug-likeness (QED) is 0.252. The van der Waals surface area contributed by atoms with E-state index in [-0.39, 0.29) is 17.0 Å². The van der Waals surface area contributed by atoms with Crippen LogP contribution >= 0.6 is 34.8 Å². The molecule has 0 heterocycles. The molecular formula is C28H29Cl3FN3O. The van der Waals surface area contributed by atoms with Crippen LogP contribution in [0.25, 0.3) is 11.1 Å². The molecule has 0 radical (unpaired) electrons. The Balaban J connectivity index is 1.46. The average molecular weight is 549 g/mol. The Morgan fingerprint density at radius 2 is 1.67 bits per heavy atom. The minimum absolute atomic E-state index is 0.0727. The summed E-state index contributed by atoms with van der Waals surface area (Å²) in [7, 11) is 0. The zero-order valence-corrected chi connectivity index (χ0v) is 22.1. The molecule has 3 aromatic rings. The Hall–Kier alpha value is -2.31. The van der Waals surface area contributed by atoms with Crippen molar-refractivity contribution in [2.45, 2.75) is 44.1 Å². The molecule has 1 aliphatic carbocycles. The van der Waals surface area contributed by atoms with Crippen molar-refractivity contribution >= 4 is 46.5 Å². The fraction of sp³-hybridized carbons (Fsp3) is 0.321. The van der Waals surface area contributed by atoms with Crippen molar-refractivity contribution in [3.63, 3.8) is 0 Å². The molecule has 1 saturated carbocycles. The molecule has 8 heteroatoms. The first-order valence-corrected chi connectivity index (χ1v) is 13.3. The third-order valence-electron chi connectivity index (χ3n) is 6.52. The van der Waals surface area contributed by atoms with Crippen molar-refractivity contribution in [3.8, 4) is 11.1 Å². The number of urea groups is 1. The maximum Gasteiger partial charge on any atom is 0.319 e. The third-order valence-corrected chi connectivity index (χ3v) is 7.25. The number of carbonyl (C=O) groups is 1. The molecule has 190 valence electrons. The van der Waals surface area contributed by atoms with Crippen LogP contribution in [0, 0.1) is 5.82 Å². The van der Waals surface area contributed by atoms with Gasteiger partial charge in [0.25, 0.3) is 0 Å². The smallest absolute Gasteiger partial charge is 0.319 e. The van der Waals surface area contributed by atoms with Crippen LogP contribution in [-0.4, -0.2) is 25.2 Å². The second kappa shape index (κ2) is 12.8. The van der Waals surface area contributed by atoms with Crippen LogP contribution in [0.3, 0.4) is 0 Å². The van der Waals surface area contributed by atoms with Gasteiger partial charge in [-0.3, -0.25) is 0 Å². The predicted octanol–water partition coefficient (Wildman–Crippen LogP) is 8.28. The van der Waals surface area contributed by atoms with Gasteiger partial charge in [-0.05, 0) is 72.8 Å². The van der Waals surface area contributed by atoms with Crippen molar-refractivity contribution in [2.75, 3.05) is 18.4 Å². The molecule has 0 aliphatic heterocycles. The molecule has 2 amide bonds. The molecule has 1 aliphatic rings. The zero-order chi connectivity index (χ0) is 25.5. The molecule has 3 aromatic carbocycles. The van der Waals surface area contributed by atoms with Crippen LogP contribution in [0.2, 0.25) is 15.1 Å². The molecule has 4 rings (SSSR count). The Morgan fingerprint density at radius 3 is 2.39 bits per heavy atom. The second-order valence-corrected chi connectivity index (χ2v) is 10.4. The summed E-state index contributed by atoms with van der Waals surface area (Å²) in [5.74, 6) is -0.368. The third kappa shape index (κ3) is 7.59. The first-order valence-electron chi connectivity index (χ1n) is 12.2. The Kier molecular flexibility index (Phi) is 9.49. The highest BCUT2D eigenvalue weighted by Gasteiger charge is 2.18. The minimum atomic E-state index is -0.441. The lowest BCUT2D eigenvalue weighted by molar-refractivity contribution is 0.251. The van der Waals surface area contributed by atoms with E-state index in [1.54, 1.807) is 30.3 Å². The maximum absolute atomic E-state index is 13.7. The van der Waals surface area contributed by atoms with E-state index in [9.17, 15) is 9.18 Å². The van der Waals surface area contributed by atoms with E-state index in [0.717, 1.165) is 29.7 Å². The van der Waals surface area contributed by atoms with E-state index < -0.39 is 5.82 Å². The summed E-state index contributed by atoms with van der Waals surface area (Å²) in [6.45, 7) is 1.30. The highest BCUT2D eigenvalue weighted by molar-refractivity contribution is 6.35. The van der Waals surface area contributed by atoms with Crippen molar-refractivity contribution in [1.29, 1.82) is 0 Å². The summed E-state index contributed by atoms with van der Waals surface area (Å²) in [5, 5.41) is 10.4. The van der Waals surface area contributed by atoms with Gasteiger partial charge in [-0.15, -0.1) is 0 Å². The fourth-order valence-corrected chi connectivity index (χ4v) is 5.35. The summed E-state index contributed by atoms with van der Waals surface area (Å²) >= 11 is 18.1. The van der Waals surface area contributed by atoms with Crippen molar-refractivity contribution in [1.82, 2.24) is 10.6 Å². The van der Waals surface area contributed by atoms with Crippen molar-refractivity contribution in [2.24, 2.45) is 0 Å². The van der Waals surface area contributed by atoms with Crippen LogP contribution in [0.15, 0.2) is 60.7 Å². The zero-order valence-electron chi connectivity index (χ0n) is 19.8. The molecule has 0 bridgehead atoms. The summed E-state index contributed by atoms with van der Waals surface area (Å²) in [6.07, 6.45) is 5.84. The van der Waals surface area contributed by atoms with Crippen LogP contribution in [0.5, 0.6) is 0 Å². The van der Waals surface area contributed by atoms with Gasteiger partial charge in [0.05, 0.1) is 5.02 Å². The summed E-state index contributed by atoms with van der Waals surface area (Å²) in [5.41, 5.74) is 3.41. The van der Waals surface area contributed by atoms with Gasteiger partial charge >= 0.3 is 6.03 Å². The predicted molar refractivity (Wildman–Crippen MR) is 148 cm³/mol. The molecule has 0 spiro atoms. The summed E-state index contributed by atoms with van der Waals surface area (Å²) in [6, 6.07) is 18.0. The number of carbonyl (C=O) groups excluding carboxylic acids is 1. The van der Waals surface area contributed by atoms with Crippen LogP contribution < -0.4 is 16.0 Å². The summed E-state index contributed by atoms with van der Waals surface area (Å²) < 4.78 is 13.7. The molecule has 1 atom stereocenters. The van der Waals surface area contributed by atoms with Gasteiger partial charge in [0.1, 0.15) is 5.82 Å². The molecular weight excluding hydrogens is 520 g/mol. The summed E-state index contributed by atoms with van der Waals surface area (Å²) in [4.78, 5) is 12.6. The Morgan fingerprint density at radius 1 is 0.944 bits per heavy atom. The lowest BCUT2D eigenvalue weighted by atomic mass is 9.92. The molecule has 1 fully saturated rings. The van der Waals surface area contributed by atoms with E-state index in [1.165, 1.54) is 31.7 Å². The monoisotopic (exact) mass is 547 g/mol. The molecule has 0 saturated heterocycles. The molecule has 4 nitrogen and oxygen atoms in total. The number of rotatable bonds is 9. The van der Waals surface area contributed by atoms with Crippen LogP contribution in [0.4, 0.5) is 14.9 Å². The van der Waals surface area contributed by atoms with Gasteiger partial charge < -0.3 is 16.0 Å². The molecule has 1 unspecified atom stereocenters. The number of amides is 2. The highest BCUT2D eigenvalue weighted by Crippen LogP contribution is 2.29. The van der Waals surface area contributed by atoms with Gasteiger partial charge in [-0.2, -0.15) is 0 Å². The topological polar surface area (TPSA) is 53.2 Å². The Bertz CT molecular complexity index is 1180. The molecule has 36 heavy (non-hydrogen) atoms. The number of hydrogen-bond acceptors (Lipinski definition) is 2. The fourth-order valence-electron chi connectivity index (χ4n) is 4.64. The van der Waals surface area contributed by atoms with Crippen LogP contribution in [0.1, 0.15) is 43.6 Å². The normalized spacial score (nSPS) is 14.6. The van der Waals surface area contributed by atoms with Gasteiger partial charge in [0.2, 0.25) is 0 Å². The first kappa shape index (κ1) is 26.7. The average Bonchev–Trinajstić information content (AvgIpc) is 3.36. The highest BCUT2D eigenvalue weighted by atomic mass is 35.5. The number of nitrogens with one attached hydrogen (secondary N) is 3. The standard InChI is InChI=1S/C28H29Cl3FN3O/c29-22-14-23(30)16-25(15-22)35-28(36)34-17-21(10-11-33-24-6-1-2-7-24)19-5-3-4-18(12-19)20-8-9-27(32)26(31)13-20/h3-5,8-9,12-16,21,24,33H,1-2,6-7,10-11,17H2,(H2,34,35,36). The van der Waals surface area contributed by atoms with Crippen molar-refractivity contribution in [3.05, 3.63) is 87.1 Å². The second-order valence-electron chi connectivity index (χ2n) is 9.17. The number of benzene rings is 3. The van der Waals surface area contributed by atoms with Gasteiger partial charge in [-0.25, -0.2) is 9.18 Å². The minimum Gasteiger partial charge on any atom is -0.337 e. The first-order chi connectivity index (χ1) is 17.4. The van der Waals surface area contributed by atoms with Crippen molar-refractivity contribution < 1.29 is 9.18 Å². The van der Waals surface area contributed by atoms with E-state index in [1.807, 2.05) is 12.1 Å². The van der Waals surface area contributed by atoms with Gasteiger partial charge in [-0.1, -0.05) is 78.0 Å². The molecule has 3 N–H and O–H groups in total. The van der Waals surface area contributed by atoms with Crippen LogP contribution in [-0.2, 0) is 0 Å². The largest absolute Gasteiger partial charge is 0.337 e. The SMILES string of the molecule is O=C(NCC(CCNC1CCCC1)c1cccc(-c2ccc(F)c(Cl)c2)c1)Nc1cc(Cl)cc(Cl)c1. The lowest BCUT2D eigenvalue weighted by Gasteiger charge is -2.21. The van der Waals surface area contributed by atoms with E-state index in [0.29, 0.717) is 28.3 Å². The number of halogens is 4. The number of hydrogen-bond donors (Lipinski definition) is 3. The van der Waals surface area contributed by atoms with E-state index in [2.05, 4.69) is 28.1 Å². The van der Waals surface area contributed by atoms with Gasteiger partial charge in [0.15, 0.2) is 0 Å². The maximum atomic E-state index is 13.7. The van der Waals surface area contributed by atoms with Gasteiger partial charge in [0, 0.05) is 34.2 Å². The Labute approximate surface area is 226 Å². The van der Waals surface area contributed by atoms with E-state index >= 15 is 0 Å². The molecule has 0 aromatic heterocycles. The van der Waals surface area contributed by atoms with E-state index in [4.69, 9.17) is 34.8 Å². The lowest BCUT2D eigenvalue weighted by Crippen LogP contribution is -2.34.